The van der Waals surface area contributed by atoms with Gasteiger partial charge in [-0.1, -0.05) is 18.2 Å². The molecule has 12 nitrogen and oxygen atoms in total. The second-order valence-electron chi connectivity index (χ2n) is 15.4. The van der Waals surface area contributed by atoms with Gasteiger partial charge in [-0.05, 0) is 64.7 Å². The van der Waals surface area contributed by atoms with Gasteiger partial charge in [0.1, 0.15) is 17.8 Å². The van der Waals surface area contributed by atoms with E-state index in [1.54, 1.807) is 14.2 Å². The highest BCUT2D eigenvalue weighted by Gasteiger charge is 2.44. The lowest BCUT2D eigenvalue weighted by Gasteiger charge is -2.47. The van der Waals surface area contributed by atoms with Crippen LogP contribution in [0.25, 0.3) is 0 Å². The van der Waals surface area contributed by atoms with Gasteiger partial charge in [0.05, 0.1) is 67.2 Å². The van der Waals surface area contributed by atoms with E-state index in [-0.39, 0.29) is 48.7 Å². The first-order valence-electron chi connectivity index (χ1n) is 18.7. The average molecular weight is 753 g/mol. The Morgan fingerprint density at radius 2 is 1.27 bits per heavy atom. The van der Waals surface area contributed by atoms with Gasteiger partial charge >= 0.3 is 0 Å². The summed E-state index contributed by atoms with van der Waals surface area (Å²) in [6.45, 7) is 1.99. The Hall–Kier alpha value is -5.46. The monoisotopic (exact) mass is 752 g/mol. The molecule has 4 aliphatic rings. The van der Waals surface area contributed by atoms with Gasteiger partial charge in [-0.3, -0.25) is 0 Å². The quantitative estimate of drug-likeness (QED) is 0.247. The van der Waals surface area contributed by atoms with Crippen LogP contribution in [0.2, 0.25) is 0 Å². The Kier molecular flexibility index (Phi) is 10.3. The highest BCUT2D eigenvalue weighted by molar-refractivity contribution is 5.65. The Bertz CT molecular complexity index is 2120. The van der Waals surface area contributed by atoms with Crippen LogP contribution in [0.3, 0.4) is 0 Å². The number of nitrogens with zero attached hydrogens (tertiary/aromatic N) is 2. The van der Waals surface area contributed by atoms with Crippen molar-refractivity contribution in [2.24, 2.45) is 0 Å². The van der Waals surface area contributed by atoms with Crippen molar-refractivity contribution < 1.29 is 57.6 Å². The molecule has 6 bridgehead atoms. The molecule has 4 unspecified atom stereocenters. The summed E-state index contributed by atoms with van der Waals surface area (Å²) < 4.78 is 31.5. The van der Waals surface area contributed by atoms with E-state index in [1.807, 2.05) is 67.7 Å². The largest absolute Gasteiger partial charge is 0.550 e. The molecule has 0 amide bonds. The molecule has 0 aliphatic carbocycles. The molecule has 4 heterocycles. The lowest BCUT2D eigenvalue weighted by Crippen LogP contribution is -2.53. The average Bonchev–Trinajstić information content (AvgIpc) is 3.17. The Balaban J connectivity index is 1.48. The minimum absolute atomic E-state index is 0.0876. The van der Waals surface area contributed by atoms with Crippen LogP contribution >= 0.6 is 0 Å². The van der Waals surface area contributed by atoms with Gasteiger partial charge in [-0.25, -0.2) is 0 Å². The molecule has 0 aromatic heterocycles. The van der Waals surface area contributed by atoms with E-state index in [2.05, 4.69) is 7.05 Å². The van der Waals surface area contributed by atoms with Gasteiger partial charge in [-0.15, -0.1) is 0 Å². The fourth-order valence-corrected chi connectivity index (χ4v) is 8.80. The molecule has 4 aliphatic heterocycles. The zero-order valence-corrected chi connectivity index (χ0v) is 32.0. The maximum absolute atomic E-state index is 12.0. The second kappa shape index (κ2) is 15.0. The number of ether oxygens (including phenoxy) is 5. The van der Waals surface area contributed by atoms with E-state index in [1.165, 1.54) is 7.11 Å². The maximum Gasteiger partial charge on any atom is 0.201 e. The fourth-order valence-electron chi connectivity index (χ4n) is 8.80. The maximum atomic E-state index is 12.0. The minimum atomic E-state index is -1.14. The van der Waals surface area contributed by atoms with Crippen molar-refractivity contribution in [1.29, 1.82) is 0 Å². The number of aromatic hydroxyl groups is 1. The lowest BCUT2D eigenvalue weighted by atomic mass is 9.85. The van der Waals surface area contributed by atoms with Crippen molar-refractivity contribution in [3.05, 3.63) is 94.0 Å². The Morgan fingerprint density at radius 1 is 0.709 bits per heavy atom. The van der Waals surface area contributed by atoms with E-state index in [9.17, 15) is 24.9 Å². The molecule has 0 saturated carbocycles. The SMILES string of the molecule is COc1ccc2cc1Oc1ccc(cc1)CC1c3cc(c(OC)cc3CC[N+]1(C)CCC(=O)[O-])Oc1c(O)c(OC)cc3c1C(C2)[N+](C)(CCC(=O)[O-])CC3. The van der Waals surface area contributed by atoms with Crippen molar-refractivity contribution in [3.8, 4) is 46.0 Å². The third-order valence-electron chi connectivity index (χ3n) is 12.1. The first-order valence-corrected chi connectivity index (χ1v) is 18.7. The number of likely N-dealkylation sites (N-methyl/N-ethyl adjacent to an activating group) is 2. The number of phenolic OH excluding ortho intramolecular Hbond substituents is 1. The number of hydrogen-bond donors (Lipinski definition) is 1. The number of carbonyl (C=O) groups is 2. The number of fused-ring (bicyclic) bond motifs is 2. The number of hydrogen-bond acceptors (Lipinski definition) is 10. The summed E-state index contributed by atoms with van der Waals surface area (Å²) in [4.78, 5) is 23.7. The minimum Gasteiger partial charge on any atom is -0.550 e. The third kappa shape index (κ3) is 7.36. The molecule has 0 saturated heterocycles. The van der Waals surface area contributed by atoms with Gasteiger partial charge in [0, 0.05) is 56.0 Å². The van der Waals surface area contributed by atoms with Crippen LogP contribution in [0.15, 0.2) is 60.7 Å². The Morgan fingerprint density at radius 3 is 1.91 bits per heavy atom. The molecule has 0 fully saturated rings. The van der Waals surface area contributed by atoms with Crippen LogP contribution in [0.4, 0.5) is 0 Å². The van der Waals surface area contributed by atoms with Crippen molar-refractivity contribution in [2.75, 3.05) is 61.6 Å². The summed E-state index contributed by atoms with van der Waals surface area (Å²) in [5.41, 5.74) is 5.67. The summed E-state index contributed by atoms with van der Waals surface area (Å²) in [5.74, 6) is 0.606. The molecule has 1 N–H and O–H groups in total. The first kappa shape index (κ1) is 37.8. The molecular weight excluding hydrogens is 704 g/mol. The topological polar surface area (TPSA) is 147 Å². The van der Waals surface area contributed by atoms with Crippen molar-refractivity contribution in [1.82, 2.24) is 0 Å². The van der Waals surface area contributed by atoms with Crippen LogP contribution in [0, 0.1) is 0 Å². The zero-order valence-electron chi connectivity index (χ0n) is 32.0. The standard InChI is InChI=1S/C43H48N2O10/c1-44(18-14-39(46)47)16-12-28-23-35(52-4)37-25-31(28)32(44)20-26-6-9-30(10-7-26)54-36-22-27(8-11-34(36)51-3)21-33-41-29(13-17-45(33,2)19-15-40(48)49)24-38(53-5)42(50)43(41)55-37/h6-11,22-25,32-33H,12-21H2,1-5H3,(H-2,46,47,48,49,50). The van der Waals surface area contributed by atoms with Crippen LogP contribution < -0.4 is 33.9 Å². The van der Waals surface area contributed by atoms with E-state index < -0.39 is 11.9 Å². The highest BCUT2D eigenvalue weighted by atomic mass is 16.5. The third-order valence-corrected chi connectivity index (χ3v) is 12.1. The van der Waals surface area contributed by atoms with Gasteiger partial charge in [0.25, 0.3) is 0 Å². The van der Waals surface area contributed by atoms with Crippen LogP contribution in [0.1, 0.15) is 58.3 Å². The fraction of sp³-hybridized carbons (Fsp3) is 0.395. The molecule has 290 valence electrons. The number of quaternary nitrogens is 2. The van der Waals surface area contributed by atoms with Gasteiger partial charge in [0.15, 0.2) is 34.5 Å². The summed E-state index contributed by atoms with van der Waals surface area (Å²) in [5, 5.41) is 35.6. The van der Waals surface area contributed by atoms with E-state index in [4.69, 9.17) is 23.7 Å². The summed E-state index contributed by atoms with van der Waals surface area (Å²) >= 11 is 0. The van der Waals surface area contributed by atoms with Crippen LogP contribution in [-0.2, 0) is 35.3 Å². The number of aliphatic carboxylic acids is 2. The van der Waals surface area contributed by atoms with Crippen LogP contribution in [0.5, 0.6) is 46.0 Å². The molecule has 4 aromatic carbocycles. The number of benzene rings is 4. The normalized spacial score (nSPS) is 22.6. The predicted molar refractivity (Wildman–Crippen MR) is 199 cm³/mol. The molecule has 4 aromatic rings. The predicted octanol–water partition coefficient (Wildman–Crippen LogP) is 4.17. The lowest BCUT2D eigenvalue weighted by molar-refractivity contribution is -0.941. The van der Waals surface area contributed by atoms with E-state index in [0.29, 0.717) is 83.0 Å². The number of phenols is 1. The summed E-state index contributed by atoms with van der Waals surface area (Å²) in [7, 11) is 8.79. The molecule has 55 heavy (non-hydrogen) atoms. The molecule has 4 atom stereocenters. The second-order valence-corrected chi connectivity index (χ2v) is 15.4. The summed E-state index contributed by atoms with van der Waals surface area (Å²) in [6.07, 6.45) is 2.06. The van der Waals surface area contributed by atoms with Gasteiger partial charge < -0.3 is 57.6 Å². The Labute approximate surface area is 321 Å². The van der Waals surface area contributed by atoms with E-state index >= 15 is 0 Å². The zero-order chi connectivity index (χ0) is 39.1. The first-order chi connectivity index (χ1) is 26.3. The number of rotatable bonds is 9. The molecule has 0 radical (unpaired) electrons. The van der Waals surface area contributed by atoms with Crippen LogP contribution in [-0.4, -0.2) is 87.6 Å². The highest BCUT2D eigenvalue weighted by Crippen LogP contribution is 2.53. The number of carboxylic acids is 2. The van der Waals surface area contributed by atoms with E-state index in [0.717, 1.165) is 33.4 Å². The van der Waals surface area contributed by atoms with Gasteiger partial charge in [0.2, 0.25) is 5.75 Å². The number of carboxylic acid groups (broad SMARTS) is 2. The smallest absolute Gasteiger partial charge is 0.201 e. The molecule has 8 rings (SSSR count). The van der Waals surface area contributed by atoms with Crippen molar-refractivity contribution in [3.63, 3.8) is 0 Å². The molecule has 12 heteroatoms. The molecule has 0 spiro atoms. The number of methoxy groups -OCH3 is 3. The van der Waals surface area contributed by atoms with Crippen molar-refractivity contribution >= 4 is 11.9 Å². The summed E-state index contributed by atoms with van der Waals surface area (Å²) in [6, 6.07) is 18.9. The van der Waals surface area contributed by atoms with Crippen molar-refractivity contribution in [2.45, 2.75) is 50.6 Å². The van der Waals surface area contributed by atoms with Gasteiger partial charge in [-0.2, -0.15) is 0 Å². The molecular formula is C43H48N2O10. The number of carbonyl (C=O) groups excluding carboxylic acids is 2.